The lowest BCUT2D eigenvalue weighted by Gasteiger charge is -2.46. The molecule has 0 saturated heterocycles. The van der Waals surface area contributed by atoms with Crippen molar-refractivity contribution < 1.29 is 24.5 Å². The topological polar surface area (TPSA) is 79.2 Å². The van der Waals surface area contributed by atoms with Crippen LogP contribution >= 0.6 is 0 Å². The van der Waals surface area contributed by atoms with Crippen molar-refractivity contribution in [3.8, 4) is 11.5 Å². The van der Waals surface area contributed by atoms with Gasteiger partial charge in [0, 0.05) is 5.56 Å². The fourth-order valence-electron chi connectivity index (χ4n) is 2.96. The third-order valence-corrected chi connectivity index (χ3v) is 3.78. The Hall–Kier alpha value is -1.79. The van der Waals surface area contributed by atoms with Crippen LogP contribution in [0.1, 0.15) is 25.5 Å². The number of likely N-dealkylation sites (N-methyl/N-ethyl adjacent to an activating group) is 1. The van der Waals surface area contributed by atoms with Crippen LogP contribution in [-0.2, 0) is 4.79 Å². The van der Waals surface area contributed by atoms with Crippen molar-refractivity contribution in [3.63, 3.8) is 0 Å². The van der Waals surface area contributed by atoms with E-state index in [1.165, 1.54) is 0 Å². The summed E-state index contributed by atoms with van der Waals surface area (Å²) >= 11 is 0. The minimum absolute atomic E-state index is 0.173. The number of hydrogen-bond donors (Lipinski definition) is 2. The number of hydrogen-bond acceptors (Lipinski definition) is 5. The summed E-state index contributed by atoms with van der Waals surface area (Å²) in [6.07, 6.45) is -0.858. The number of aliphatic hydroxyl groups excluding tert-OH is 1. The number of carbonyl (C=O) groups is 1. The Morgan fingerprint density at radius 1 is 1.48 bits per heavy atom. The predicted molar refractivity (Wildman–Crippen MR) is 76.7 cm³/mol. The van der Waals surface area contributed by atoms with E-state index in [1.54, 1.807) is 37.3 Å². The average molecular weight is 295 g/mol. The molecule has 0 amide bonds. The van der Waals surface area contributed by atoms with Crippen molar-refractivity contribution in [1.82, 2.24) is 4.90 Å². The average Bonchev–Trinajstić information content (AvgIpc) is 2.36. The summed E-state index contributed by atoms with van der Waals surface area (Å²) in [5, 5.41) is 19.7. The molecule has 0 aromatic heterocycles. The molecule has 1 aromatic rings. The molecule has 1 aliphatic heterocycles. The van der Waals surface area contributed by atoms with Gasteiger partial charge < -0.3 is 19.7 Å². The fraction of sp³-hybridized carbons (Fsp3) is 0.533. The van der Waals surface area contributed by atoms with Crippen LogP contribution in [0.15, 0.2) is 18.2 Å². The Morgan fingerprint density at radius 2 is 2.14 bits per heavy atom. The molecule has 116 valence electrons. The number of carboxylic acids is 1. The molecule has 0 saturated carbocycles. The van der Waals surface area contributed by atoms with E-state index in [0.717, 1.165) is 0 Å². The second-order valence-corrected chi connectivity index (χ2v) is 5.81. The summed E-state index contributed by atoms with van der Waals surface area (Å²) in [7, 11) is 3.22. The molecule has 0 spiro atoms. The van der Waals surface area contributed by atoms with E-state index < -0.39 is 23.7 Å². The highest BCUT2D eigenvalue weighted by Gasteiger charge is 2.45. The molecule has 2 rings (SSSR count). The maximum absolute atomic E-state index is 10.9. The van der Waals surface area contributed by atoms with Crippen LogP contribution < -0.4 is 9.47 Å². The maximum Gasteiger partial charge on any atom is 0.317 e. The van der Waals surface area contributed by atoms with Crippen molar-refractivity contribution in [1.29, 1.82) is 0 Å². The van der Waals surface area contributed by atoms with Crippen LogP contribution in [0.5, 0.6) is 11.5 Å². The zero-order valence-electron chi connectivity index (χ0n) is 12.7. The molecule has 6 nitrogen and oxygen atoms in total. The normalized spacial score (nSPS) is 23.3. The monoisotopic (exact) mass is 295 g/mol. The van der Waals surface area contributed by atoms with Gasteiger partial charge in [0.15, 0.2) is 0 Å². The van der Waals surface area contributed by atoms with Crippen molar-refractivity contribution in [3.05, 3.63) is 23.8 Å². The van der Waals surface area contributed by atoms with Gasteiger partial charge in [-0.1, -0.05) is 0 Å². The quantitative estimate of drug-likeness (QED) is 0.871. The van der Waals surface area contributed by atoms with Crippen LogP contribution in [0.25, 0.3) is 0 Å². The number of nitrogens with zero attached hydrogens (tertiary/aromatic N) is 1. The van der Waals surface area contributed by atoms with Gasteiger partial charge in [-0.25, -0.2) is 0 Å². The lowest BCUT2D eigenvalue weighted by Crippen LogP contribution is -2.57. The van der Waals surface area contributed by atoms with Crippen LogP contribution in [0.4, 0.5) is 0 Å². The molecule has 0 fully saturated rings. The molecule has 6 heteroatoms. The number of rotatable bonds is 4. The van der Waals surface area contributed by atoms with E-state index in [2.05, 4.69) is 0 Å². The van der Waals surface area contributed by atoms with E-state index in [-0.39, 0.29) is 6.54 Å². The first-order valence-corrected chi connectivity index (χ1v) is 6.73. The lowest BCUT2D eigenvalue weighted by atomic mass is 9.85. The molecular formula is C15H21NO5. The molecule has 0 bridgehead atoms. The molecule has 0 radical (unpaired) electrons. The van der Waals surface area contributed by atoms with E-state index in [0.29, 0.717) is 17.1 Å². The molecule has 1 aliphatic rings. The van der Waals surface area contributed by atoms with Gasteiger partial charge in [-0.2, -0.15) is 0 Å². The Labute approximate surface area is 123 Å². The van der Waals surface area contributed by atoms with Gasteiger partial charge in [-0.3, -0.25) is 9.69 Å². The van der Waals surface area contributed by atoms with Crippen LogP contribution in [0.3, 0.4) is 0 Å². The highest BCUT2D eigenvalue weighted by Crippen LogP contribution is 2.43. The molecule has 1 aromatic carbocycles. The van der Waals surface area contributed by atoms with Gasteiger partial charge in [0.2, 0.25) is 0 Å². The smallest absolute Gasteiger partial charge is 0.317 e. The van der Waals surface area contributed by atoms with Gasteiger partial charge in [-0.15, -0.1) is 0 Å². The van der Waals surface area contributed by atoms with Gasteiger partial charge in [0.05, 0.1) is 19.7 Å². The predicted octanol–water partition coefficient (Wildman–Crippen LogP) is 1.28. The first-order chi connectivity index (χ1) is 9.76. The van der Waals surface area contributed by atoms with Gasteiger partial charge in [-0.05, 0) is 39.1 Å². The Bertz CT molecular complexity index is 543. The fourth-order valence-corrected chi connectivity index (χ4v) is 2.96. The van der Waals surface area contributed by atoms with Crippen molar-refractivity contribution in [2.24, 2.45) is 0 Å². The molecule has 1 heterocycles. The minimum atomic E-state index is -0.947. The summed E-state index contributed by atoms with van der Waals surface area (Å²) in [5.74, 6) is 0.265. The molecule has 0 aliphatic carbocycles. The van der Waals surface area contributed by atoms with Gasteiger partial charge in [0.1, 0.15) is 23.2 Å². The summed E-state index contributed by atoms with van der Waals surface area (Å²) < 4.78 is 11.1. The standard InChI is InChI=1S/C15H21NO5/c1-15(2)14(16(3)8-12(17)18)13(19)10-7-9(20-4)5-6-11(10)21-15/h5-7,13-14,19H,8H2,1-4H3,(H,17,18). The number of fused-ring (bicyclic) bond motifs is 1. The van der Waals surface area contributed by atoms with E-state index in [4.69, 9.17) is 14.6 Å². The molecule has 2 unspecified atom stereocenters. The number of benzene rings is 1. The highest BCUT2D eigenvalue weighted by molar-refractivity contribution is 5.69. The number of methoxy groups -OCH3 is 1. The number of ether oxygens (including phenoxy) is 2. The highest BCUT2D eigenvalue weighted by atomic mass is 16.5. The lowest BCUT2D eigenvalue weighted by molar-refractivity contribution is -0.142. The third kappa shape index (κ3) is 2.96. The molecule has 21 heavy (non-hydrogen) atoms. The SMILES string of the molecule is COc1ccc2c(c1)C(O)C(N(C)CC(=O)O)C(C)(C)O2. The first-order valence-electron chi connectivity index (χ1n) is 6.73. The first kappa shape index (κ1) is 15.6. The minimum Gasteiger partial charge on any atom is -0.497 e. The van der Waals surface area contributed by atoms with Gasteiger partial charge in [0.25, 0.3) is 0 Å². The summed E-state index contributed by atoms with van der Waals surface area (Å²) in [6, 6.07) is 4.76. The van der Waals surface area contributed by atoms with Crippen molar-refractivity contribution >= 4 is 5.97 Å². The van der Waals surface area contributed by atoms with Crippen molar-refractivity contribution in [2.75, 3.05) is 20.7 Å². The zero-order valence-corrected chi connectivity index (χ0v) is 12.7. The maximum atomic E-state index is 10.9. The summed E-state index contributed by atoms with van der Waals surface area (Å²) in [5.41, 5.74) is -0.110. The molecule has 2 atom stereocenters. The Balaban J connectivity index is 2.40. The van der Waals surface area contributed by atoms with Crippen LogP contribution in [-0.4, -0.2) is 53.4 Å². The zero-order chi connectivity index (χ0) is 15.8. The Morgan fingerprint density at radius 3 is 2.71 bits per heavy atom. The second kappa shape index (κ2) is 5.54. The van der Waals surface area contributed by atoms with Gasteiger partial charge >= 0.3 is 5.97 Å². The number of carboxylic acid groups (broad SMARTS) is 1. The van der Waals surface area contributed by atoms with Crippen molar-refractivity contribution in [2.45, 2.75) is 31.6 Å². The number of aliphatic carboxylic acids is 1. The van der Waals surface area contributed by atoms with E-state index >= 15 is 0 Å². The second-order valence-electron chi connectivity index (χ2n) is 5.81. The largest absolute Gasteiger partial charge is 0.497 e. The number of aliphatic hydroxyl groups is 1. The third-order valence-electron chi connectivity index (χ3n) is 3.78. The van der Waals surface area contributed by atoms with Crippen LogP contribution in [0, 0.1) is 0 Å². The van der Waals surface area contributed by atoms with E-state index in [1.807, 2.05) is 13.8 Å². The van der Waals surface area contributed by atoms with E-state index in [9.17, 15) is 9.90 Å². The van der Waals surface area contributed by atoms with Crippen LogP contribution in [0.2, 0.25) is 0 Å². The summed E-state index contributed by atoms with van der Waals surface area (Å²) in [6.45, 7) is 3.51. The summed E-state index contributed by atoms with van der Waals surface area (Å²) in [4.78, 5) is 12.5. The Kier molecular flexibility index (Phi) is 4.11. The molecular weight excluding hydrogens is 274 g/mol. The molecule has 2 N–H and O–H groups in total.